The van der Waals surface area contributed by atoms with Crippen LogP contribution in [-0.2, 0) is 10.5 Å². The molecule has 0 amide bonds. The van der Waals surface area contributed by atoms with E-state index in [9.17, 15) is 9.90 Å². The molecule has 0 spiro atoms. The Hall–Kier alpha value is -2.67. The summed E-state index contributed by atoms with van der Waals surface area (Å²) in [4.78, 5) is 20.0. The lowest BCUT2D eigenvalue weighted by molar-refractivity contribution is -0.135. The minimum atomic E-state index is -2.06. The number of esters is 1. The second-order valence-corrected chi connectivity index (χ2v) is 4.36. The zero-order chi connectivity index (χ0) is 15.0. The van der Waals surface area contributed by atoms with Crippen molar-refractivity contribution in [2.45, 2.75) is 5.79 Å². The van der Waals surface area contributed by atoms with E-state index in [-0.39, 0.29) is 28.7 Å². The average Bonchev–Trinajstić information content (AvgIpc) is 2.80. The van der Waals surface area contributed by atoms with E-state index >= 15 is 0 Å². The molecule has 1 N–H and O–H groups in total. The molecule has 1 unspecified atom stereocenters. The Morgan fingerprint density at radius 1 is 1.14 bits per heavy atom. The number of hydrogen-bond acceptors (Lipinski definition) is 7. The van der Waals surface area contributed by atoms with Gasteiger partial charge in [0.05, 0.1) is 25.8 Å². The Balaban J connectivity index is 2.18. The standard InChI is InChI=1S/C14H12N2O5/c1-19-10-7-11(20-2)16-13(15-10)14(18)9-6-4-3-5-8(9)12(17)21-14/h3-7,18H,1-2H3. The van der Waals surface area contributed by atoms with Crippen molar-refractivity contribution in [2.75, 3.05) is 14.2 Å². The summed E-state index contributed by atoms with van der Waals surface area (Å²) in [5, 5.41) is 10.7. The van der Waals surface area contributed by atoms with Gasteiger partial charge < -0.3 is 19.3 Å². The van der Waals surface area contributed by atoms with Crippen molar-refractivity contribution in [3.63, 3.8) is 0 Å². The fourth-order valence-electron chi connectivity index (χ4n) is 2.13. The topological polar surface area (TPSA) is 90.8 Å². The number of hydrogen-bond donors (Lipinski definition) is 1. The number of methoxy groups -OCH3 is 2. The number of ether oxygens (including phenoxy) is 3. The SMILES string of the molecule is COc1cc(OC)nc(C2(O)OC(=O)c3ccccc32)n1. The summed E-state index contributed by atoms with van der Waals surface area (Å²) in [7, 11) is 2.84. The lowest BCUT2D eigenvalue weighted by Crippen LogP contribution is -2.30. The van der Waals surface area contributed by atoms with Crippen LogP contribution < -0.4 is 9.47 Å². The number of carbonyl (C=O) groups is 1. The Morgan fingerprint density at radius 3 is 2.38 bits per heavy atom. The number of aromatic nitrogens is 2. The van der Waals surface area contributed by atoms with E-state index in [0.717, 1.165) is 0 Å². The summed E-state index contributed by atoms with van der Waals surface area (Å²) in [5.41, 5.74) is 0.552. The van der Waals surface area contributed by atoms with Crippen LogP contribution in [0.15, 0.2) is 30.3 Å². The van der Waals surface area contributed by atoms with E-state index < -0.39 is 11.8 Å². The molecule has 1 aliphatic rings. The first kappa shape index (κ1) is 13.3. The second kappa shape index (κ2) is 4.71. The maximum atomic E-state index is 11.9. The lowest BCUT2D eigenvalue weighted by atomic mass is 10.0. The van der Waals surface area contributed by atoms with Crippen LogP contribution in [0.2, 0.25) is 0 Å². The number of nitrogens with zero attached hydrogens (tertiary/aromatic N) is 2. The summed E-state index contributed by atoms with van der Waals surface area (Å²) < 4.78 is 15.2. The zero-order valence-corrected chi connectivity index (χ0v) is 11.4. The highest BCUT2D eigenvalue weighted by molar-refractivity contribution is 5.94. The molecule has 2 heterocycles. The van der Waals surface area contributed by atoms with Gasteiger partial charge in [0.15, 0.2) is 0 Å². The summed E-state index contributed by atoms with van der Waals surface area (Å²) in [6, 6.07) is 7.96. The van der Waals surface area contributed by atoms with Crippen molar-refractivity contribution in [1.82, 2.24) is 9.97 Å². The third-order valence-electron chi connectivity index (χ3n) is 3.15. The average molecular weight is 288 g/mol. The van der Waals surface area contributed by atoms with E-state index in [1.54, 1.807) is 24.3 Å². The maximum absolute atomic E-state index is 11.9. The molecule has 7 nitrogen and oxygen atoms in total. The highest BCUT2D eigenvalue weighted by Gasteiger charge is 2.48. The van der Waals surface area contributed by atoms with Crippen molar-refractivity contribution < 1.29 is 24.1 Å². The second-order valence-electron chi connectivity index (χ2n) is 4.36. The van der Waals surface area contributed by atoms with Gasteiger partial charge >= 0.3 is 11.8 Å². The molecule has 0 radical (unpaired) electrons. The molecular weight excluding hydrogens is 276 g/mol. The monoisotopic (exact) mass is 288 g/mol. The third kappa shape index (κ3) is 1.98. The van der Waals surface area contributed by atoms with Gasteiger partial charge in [0.2, 0.25) is 17.6 Å². The van der Waals surface area contributed by atoms with E-state index in [1.165, 1.54) is 20.3 Å². The van der Waals surface area contributed by atoms with Crippen molar-refractivity contribution in [3.05, 3.63) is 47.3 Å². The highest BCUT2D eigenvalue weighted by Crippen LogP contribution is 2.39. The Labute approximate surface area is 120 Å². The van der Waals surface area contributed by atoms with Gasteiger partial charge in [0.25, 0.3) is 0 Å². The fourth-order valence-corrected chi connectivity index (χ4v) is 2.13. The van der Waals surface area contributed by atoms with Crippen LogP contribution in [0.1, 0.15) is 21.7 Å². The van der Waals surface area contributed by atoms with Gasteiger partial charge in [-0.15, -0.1) is 0 Å². The van der Waals surface area contributed by atoms with E-state index in [4.69, 9.17) is 14.2 Å². The van der Waals surface area contributed by atoms with Crippen LogP contribution in [-0.4, -0.2) is 35.3 Å². The number of fused-ring (bicyclic) bond motifs is 1. The molecule has 0 aliphatic carbocycles. The van der Waals surface area contributed by atoms with Gasteiger partial charge in [-0.2, -0.15) is 9.97 Å². The molecule has 0 saturated carbocycles. The quantitative estimate of drug-likeness (QED) is 0.837. The number of aliphatic hydroxyl groups is 1. The first-order chi connectivity index (χ1) is 10.1. The number of benzene rings is 1. The molecule has 3 rings (SSSR count). The van der Waals surface area contributed by atoms with Crippen LogP contribution in [0.5, 0.6) is 11.8 Å². The largest absolute Gasteiger partial charge is 0.481 e. The fraction of sp³-hybridized carbons (Fsp3) is 0.214. The first-order valence-corrected chi connectivity index (χ1v) is 6.11. The lowest BCUT2D eigenvalue weighted by Gasteiger charge is -2.21. The molecular formula is C14H12N2O5. The van der Waals surface area contributed by atoms with Crippen molar-refractivity contribution in [3.8, 4) is 11.8 Å². The molecule has 0 saturated heterocycles. The van der Waals surface area contributed by atoms with Gasteiger partial charge in [-0.1, -0.05) is 18.2 Å². The summed E-state index contributed by atoms with van der Waals surface area (Å²) in [5.74, 6) is -2.46. The van der Waals surface area contributed by atoms with Gasteiger partial charge in [-0.3, -0.25) is 0 Å². The Kier molecular flexibility index (Phi) is 2.99. The molecule has 0 bridgehead atoms. The maximum Gasteiger partial charge on any atom is 0.341 e. The summed E-state index contributed by atoms with van der Waals surface area (Å²) in [6.45, 7) is 0. The van der Waals surface area contributed by atoms with Gasteiger partial charge in [-0.25, -0.2) is 4.79 Å². The van der Waals surface area contributed by atoms with Crippen molar-refractivity contribution in [1.29, 1.82) is 0 Å². The molecule has 1 atom stereocenters. The first-order valence-electron chi connectivity index (χ1n) is 6.11. The van der Waals surface area contributed by atoms with Crippen LogP contribution >= 0.6 is 0 Å². The van der Waals surface area contributed by atoms with Crippen LogP contribution in [0.25, 0.3) is 0 Å². The van der Waals surface area contributed by atoms with Crippen molar-refractivity contribution >= 4 is 5.97 Å². The molecule has 21 heavy (non-hydrogen) atoms. The number of cyclic esters (lactones) is 1. The molecule has 2 aromatic rings. The van der Waals surface area contributed by atoms with E-state index in [1.807, 2.05) is 0 Å². The minimum Gasteiger partial charge on any atom is -0.481 e. The molecule has 7 heteroatoms. The molecule has 1 aromatic carbocycles. The number of carbonyl (C=O) groups excluding carboxylic acids is 1. The molecule has 1 aromatic heterocycles. The highest BCUT2D eigenvalue weighted by atomic mass is 16.7. The smallest absolute Gasteiger partial charge is 0.341 e. The Morgan fingerprint density at radius 2 is 1.76 bits per heavy atom. The summed E-state index contributed by atoms with van der Waals surface area (Å²) in [6.07, 6.45) is 0. The predicted molar refractivity (Wildman–Crippen MR) is 70.0 cm³/mol. The van der Waals surface area contributed by atoms with Gasteiger partial charge in [0, 0.05) is 5.56 Å². The van der Waals surface area contributed by atoms with E-state index in [2.05, 4.69) is 9.97 Å². The minimum absolute atomic E-state index is 0.128. The molecule has 108 valence electrons. The Bertz CT molecular complexity index is 696. The molecule has 1 aliphatic heterocycles. The zero-order valence-electron chi connectivity index (χ0n) is 11.4. The van der Waals surface area contributed by atoms with Gasteiger partial charge in [-0.05, 0) is 6.07 Å². The van der Waals surface area contributed by atoms with Crippen LogP contribution in [0, 0.1) is 0 Å². The molecule has 0 fully saturated rings. The van der Waals surface area contributed by atoms with Gasteiger partial charge in [0.1, 0.15) is 0 Å². The predicted octanol–water partition coefficient (Wildman–Crippen LogP) is 0.858. The third-order valence-corrected chi connectivity index (χ3v) is 3.15. The van der Waals surface area contributed by atoms with Crippen molar-refractivity contribution in [2.24, 2.45) is 0 Å². The summed E-state index contributed by atoms with van der Waals surface area (Å²) >= 11 is 0. The van der Waals surface area contributed by atoms with Crippen LogP contribution in [0.3, 0.4) is 0 Å². The normalized spacial score (nSPS) is 19.9. The van der Waals surface area contributed by atoms with Crippen LogP contribution in [0.4, 0.5) is 0 Å². The number of rotatable bonds is 3. The van der Waals surface area contributed by atoms with E-state index in [0.29, 0.717) is 0 Å².